The Balaban J connectivity index is 1.49. The van der Waals surface area contributed by atoms with Crippen molar-refractivity contribution in [2.75, 3.05) is 13.7 Å². The molecule has 0 fully saturated rings. The van der Waals surface area contributed by atoms with Gasteiger partial charge < -0.3 is 14.6 Å². The van der Waals surface area contributed by atoms with Crippen LogP contribution in [0.25, 0.3) is 11.1 Å². The Morgan fingerprint density at radius 2 is 1.65 bits per heavy atom. The van der Waals surface area contributed by atoms with Crippen LogP contribution in [-0.2, 0) is 6.42 Å². The number of aromatic nitrogens is 1. The Morgan fingerprint density at radius 1 is 0.923 bits per heavy atom. The third-order valence-electron chi connectivity index (χ3n) is 4.19. The summed E-state index contributed by atoms with van der Waals surface area (Å²) in [7, 11) is 1.60. The van der Waals surface area contributed by atoms with Gasteiger partial charge >= 0.3 is 0 Å². The van der Waals surface area contributed by atoms with E-state index in [1.807, 2.05) is 54.6 Å². The summed E-state index contributed by atoms with van der Waals surface area (Å²) in [6, 6.07) is 21.9. The van der Waals surface area contributed by atoms with Crippen LogP contribution < -0.4 is 9.47 Å². The van der Waals surface area contributed by atoms with Crippen molar-refractivity contribution < 1.29 is 14.6 Å². The second kappa shape index (κ2) is 9.02. The van der Waals surface area contributed by atoms with E-state index in [9.17, 15) is 5.11 Å². The summed E-state index contributed by atoms with van der Waals surface area (Å²) in [5, 5.41) is 10.2. The highest BCUT2D eigenvalue weighted by atomic mass is 16.5. The molecule has 0 amide bonds. The van der Waals surface area contributed by atoms with Gasteiger partial charge in [-0.25, -0.2) is 4.98 Å². The highest BCUT2D eigenvalue weighted by Crippen LogP contribution is 2.22. The molecular weight excluding hydrogens is 326 g/mol. The number of aliphatic hydroxyl groups excluding tert-OH is 1. The van der Waals surface area contributed by atoms with Crippen molar-refractivity contribution in [2.24, 2.45) is 0 Å². The minimum Gasteiger partial charge on any atom is -0.491 e. The Labute approximate surface area is 154 Å². The molecule has 0 radical (unpaired) electrons. The van der Waals surface area contributed by atoms with E-state index < -0.39 is 6.10 Å². The van der Waals surface area contributed by atoms with Gasteiger partial charge in [-0.15, -0.1) is 0 Å². The van der Waals surface area contributed by atoms with Gasteiger partial charge in [0.25, 0.3) is 0 Å². The second-order valence-electron chi connectivity index (χ2n) is 6.07. The molecule has 1 atom stereocenters. The lowest BCUT2D eigenvalue weighted by Gasteiger charge is -2.13. The van der Waals surface area contributed by atoms with Gasteiger partial charge in [0, 0.05) is 11.8 Å². The Hall–Kier alpha value is -2.85. The number of aryl methyl sites for hydroxylation is 1. The van der Waals surface area contributed by atoms with E-state index in [1.54, 1.807) is 13.3 Å². The van der Waals surface area contributed by atoms with E-state index in [0.29, 0.717) is 18.7 Å². The summed E-state index contributed by atoms with van der Waals surface area (Å²) < 4.78 is 10.9. The maximum Gasteiger partial charge on any atom is 0.216 e. The summed E-state index contributed by atoms with van der Waals surface area (Å²) in [4.78, 5) is 4.17. The molecular formula is C22H23NO3. The van der Waals surface area contributed by atoms with E-state index in [-0.39, 0.29) is 6.61 Å². The van der Waals surface area contributed by atoms with Gasteiger partial charge in [-0.3, -0.25) is 0 Å². The Bertz CT molecular complexity index is 803. The van der Waals surface area contributed by atoms with Crippen molar-refractivity contribution in [3.05, 3.63) is 78.5 Å². The molecule has 0 saturated heterocycles. The predicted molar refractivity (Wildman–Crippen MR) is 102 cm³/mol. The van der Waals surface area contributed by atoms with Gasteiger partial charge in [0.1, 0.15) is 12.4 Å². The highest BCUT2D eigenvalue weighted by Gasteiger charge is 2.09. The molecule has 4 heteroatoms. The van der Waals surface area contributed by atoms with E-state index in [0.717, 1.165) is 16.9 Å². The van der Waals surface area contributed by atoms with Crippen molar-refractivity contribution >= 4 is 0 Å². The standard InChI is InChI=1S/C22H23NO3/c1-25-22-19(8-5-15-23-22)9-12-20(24)16-26-21-13-10-18(11-14-21)17-6-3-2-4-7-17/h2-8,10-11,13-15,20,24H,9,12,16H2,1H3. The summed E-state index contributed by atoms with van der Waals surface area (Å²) in [5.41, 5.74) is 3.30. The minimum atomic E-state index is -0.547. The summed E-state index contributed by atoms with van der Waals surface area (Å²) in [6.07, 6.45) is 2.42. The Kier molecular flexibility index (Phi) is 6.23. The normalized spacial score (nSPS) is 11.8. The van der Waals surface area contributed by atoms with Gasteiger partial charge in [0.15, 0.2) is 0 Å². The molecule has 0 aliphatic heterocycles. The molecule has 1 heterocycles. The molecule has 3 aromatic rings. The number of rotatable bonds is 8. The zero-order valence-corrected chi connectivity index (χ0v) is 14.8. The molecule has 0 spiro atoms. The second-order valence-corrected chi connectivity index (χ2v) is 6.07. The molecule has 1 aromatic heterocycles. The fraction of sp³-hybridized carbons (Fsp3) is 0.227. The van der Waals surface area contributed by atoms with Crippen molar-refractivity contribution in [1.82, 2.24) is 4.98 Å². The maximum absolute atomic E-state index is 10.2. The number of hydrogen-bond acceptors (Lipinski definition) is 4. The average Bonchev–Trinajstić information content (AvgIpc) is 2.72. The molecule has 1 unspecified atom stereocenters. The lowest BCUT2D eigenvalue weighted by molar-refractivity contribution is 0.100. The van der Waals surface area contributed by atoms with Crippen LogP contribution in [0.4, 0.5) is 0 Å². The van der Waals surface area contributed by atoms with E-state index in [4.69, 9.17) is 9.47 Å². The Morgan fingerprint density at radius 3 is 2.38 bits per heavy atom. The molecule has 0 aliphatic rings. The van der Waals surface area contributed by atoms with Crippen LogP contribution >= 0.6 is 0 Å². The molecule has 4 nitrogen and oxygen atoms in total. The molecule has 2 aromatic carbocycles. The summed E-state index contributed by atoms with van der Waals surface area (Å²) in [6.45, 7) is 0.257. The quantitative estimate of drug-likeness (QED) is 0.664. The first kappa shape index (κ1) is 18.0. The molecule has 26 heavy (non-hydrogen) atoms. The third kappa shape index (κ3) is 4.83. The van der Waals surface area contributed by atoms with Crippen LogP contribution in [0.2, 0.25) is 0 Å². The topological polar surface area (TPSA) is 51.6 Å². The summed E-state index contributed by atoms with van der Waals surface area (Å²) >= 11 is 0. The van der Waals surface area contributed by atoms with Gasteiger partial charge in [-0.1, -0.05) is 48.5 Å². The van der Waals surface area contributed by atoms with E-state index in [1.165, 1.54) is 5.56 Å². The van der Waals surface area contributed by atoms with Gasteiger partial charge in [-0.2, -0.15) is 0 Å². The average molecular weight is 349 g/mol. The van der Waals surface area contributed by atoms with Gasteiger partial charge in [0.05, 0.1) is 13.2 Å². The largest absolute Gasteiger partial charge is 0.491 e. The number of aliphatic hydroxyl groups is 1. The minimum absolute atomic E-state index is 0.257. The van der Waals surface area contributed by atoms with E-state index in [2.05, 4.69) is 17.1 Å². The third-order valence-corrected chi connectivity index (χ3v) is 4.19. The molecule has 0 aliphatic carbocycles. The van der Waals surface area contributed by atoms with Crippen LogP contribution in [0.5, 0.6) is 11.6 Å². The van der Waals surface area contributed by atoms with Gasteiger partial charge in [-0.05, 0) is 42.2 Å². The van der Waals surface area contributed by atoms with Crippen molar-refractivity contribution in [3.8, 4) is 22.8 Å². The van der Waals surface area contributed by atoms with Crippen LogP contribution in [-0.4, -0.2) is 29.9 Å². The molecule has 0 saturated carbocycles. The fourth-order valence-corrected chi connectivity index (χ4v) is 2.77. The first-order valence-electron chi connectivity index (χ1n) is 8.70. The highest BCUT2D eigenvalue weighted by molar-refractivity contribution is 5.63. The van der Waals surface area contributed by atoms with Crippen LogP contribution in [0.15, 0.2) is 72.9 Å². The molecule has 134 valence electrons. The van der Waals surface area contributed by atoms with Gasteiger partial charge in [0.2, 0.25) is 5.88 Å². The predicted octanol–water partition coefficient (Wildman–Crippen LogP) is 4.13. The number of hydrogen-bond donors (Lipinski definition) is 1. The van der Waals surface area contributed by atoms with Crippen LogP contribution in [0.3, 0.4) is 0 Å². The molecule has 0 bridgehead atoms. The summed E-state index contributed by atoms with van der Waals surface area (Å²) in [5.74, 6) is 1.36. The SMILES string of the molecule is COc1ncccc1CCC(O)COc1ccc(-c2ccccc2)cc1. The lowest BCUT2D eigenvalue weighted by Crippen LogP contribution is -2.18. The first-order valence-corrected chi connectivity index (χ1v) is 8.70. The van der Waals surface area contributed by atoms with Crippen LogP contribution in [0.1, 0.15) is 12.0 Å². The smallest absolute Gasteiger partial charge is 0.216 e. The maximum atomic E-state index is 10.2. The number of methoxy groups -OCH3 is 1. The number of pyridine rings is 1. The number of benzene rings is 2. The van der Waals surface area contributed by atoms with Crippen molar-refractivity contribution in [2.45, 2.75) is 18.9 Å². The molecule has 3 rings (SSSR count). The monoisotopic (exact) mass is 349 g/mol. The number of nitrogens with zero attached hydrogens (tertiary/aromatic N) is 1. The zero-order chi connectivity index (χ0) is 18.2. The van der Waals surface area contributed by atoms with Crippen molar-refractivity contribution in [1.29, 1.82) is 0 Å². The molecule has 1 N–H and O–H groups in total. The van der Waals surface area contributed by atoms with E-state index >= 15 is 0 Å². The zero-order valence-electron chi connectivity index (χ0n) is 14.8. The van der Waals surface area contributed by atoms with Crippen molar-refractivity contribution in [3.63, 3.8) is 0 Å². The number of ether oxygens (including phenoxy) is 2. The van der Waals surface area contributed by atoms with Crippen LogP contribution in [0, 0.1) is 0 Å². The first-order chi connectivity index (χ1) is 12.8. The lowest BCUT2D eigenvalue weighted by atomic mass is 10.1. The fourth-order valence-electron chi connectivity index (χ4n) is 2.77.